The Morgan fingerprint density at radius 1 is 0.962 bits per heavy atom. The summed E-state index contributed by atoms with van der Waals surface area (Å²) in [6, 6.07) is 5.17. The maximum atomic E-state index is 2.66. The molecule has 0 aliphatic heterocycles. The summed E-state index contributed by atoms with van der Waals surface area (Å²) in [7, 11) is 0. The summed E-state index contributed by atoms with van der Waals surface area (Å²) in [5, 5.41) is 0. The standard InChI is InChI=1S/C20H27S2.3CH3.Sn/c1-5-7-8-9-10-15(6-2)20(4)16-11-12-21-18(16)19-17(20)13-14(3)22-19;;;;/h11,13,15H,5-10H2,1-4H3;3*1H3;. The van der Waals surface area contributed by atoms with Crippen molar-refractivity contribution >= 4 is 43.9 Å². The third-order valence-electron chi connectivity index (χ3n) is 6.37. The van der Waals surface area contributed by atoms with Gasteiger partial charge in [-0.1, -0.05) is 0 Å². The van der Waals surface area contributed by atoms with E-state index < -0.39 is 18.4 Å². The van der Waals surface area contributed by atoms with Gasteiger partial charge in [-0.25, -0.2) is 0 Å². The third kappa shape index (κ3) is 3.59. The fourth-order valence-corrected chi connectivity index (χ4v) is 12.4. The summed E-state index contributed by atoms with van der Waals surface area (Å²) in [5.74, 6) is 0.769. The minimum absolute atomic E-state index is 0.238. The van der Waals surface area contributed by atoms with Gasteiger partial charge in [0.2, 0.25) is 0 Å². The Bertz CT molecular complexity index is 762. The molecule has 2 heterocycles. The van der Waals surface area contributed by atoms with Gasteiger partial charge < -0.3 is 0 Å². The molecule has 0 aromatic carbocycles. The van der Waals surface area contributed by atoms with Crippen LogP contribution < -0.4 is 2.89 Å². The van der Waals surface area contributed by atoms with Crippen LogP contribution in [0.1, 0.15) is 75.3 Å². The average molecular weight is 495 g/mol. The van der Waals surface area contributed by atoms with Gasteiger partial charge in [0.1, 0.15) is 0 Å². The summed E-state index contributed by atoms with van der Waals surface area (Å²) in [6.45, 7) is 9.60. The monoisotopic (exact) mass is 496 g/mol. The molecule has 2 aromatic heterocycles. The van der Waals surface area contributed by atoms with E-state index in [1.807, 2.05) is 11.3 Å². The van der Waals surface area contributed by atoms with Crippen LogP contribution in [-0.4, -0.2) is 18.4 Å². The Balaban J connectivity index is 2.03. The molecule has 0 N–H and O–H groups in total. The van der Waals surface area contributed by atoms with Crippen LogP contribution in [0.5, 0.6) is 0 Å². The molecule has 0 bridgehead atoms. The molecule has 2 unspecified atom stereocenters. The van der Waals surface area contributed by atoms with Crippen molar-refractivity contribution in [2.75, 3.05) is 0 Å². The second-order valence-corrected chi connectivity index (χ2v) is 27.1. The van der Waals surface area contributed by atoms with Crippen LogP contribution in [0.15, 0.2) is 12.1 Å². The van der Waals surface area contributed by atoms with E-state index in [0.717, 1.165) is 5.92 Å². The van der Waals surface area contributed by atoms with Crippen molar-refractivity contribution in [3.05, 3.63) is 28.1 Å². The Labute approximate surface area is 173 Å². The summed E-state index contributed by atoms with van der Waals surface area (Å²) < 4.78 is 1.76. The molecule has 2 atom stereocenters. The van der Waals surface area contributed by atoms with Crippen LogP contribution in [0.3, 0.4) is 0 Å². The molecule has 0 fully saturated rings. The van der Waals surface area contributed by atoms with Gasteiger partial charge in [-0.05, 0) is 0 Å². The number of fused-ring (bicyclic) bond motifs is 3. The predicted molar refractivity (Wildman–Crippen MR) is 124 cm³/mol. The molecule has 144 valence electrons. The molecule has 3 rings (SSSR count). The summed E-state index contributed by atoms with van der Waals surface area (Å²) in [4.78, 5) is 12.4. The van der Waals surface area contributed by atoms with Crippen LogP contribution in [0, 0.1) is 12.8 Å². The van der Waals surface area contributed by atoms with Crippen molar-refractivity contribution in [2.24, 2.45) is 5.92 Å². The van der Waals surface area contributed by atoms with E-state index in [1.54, 1.807) is 23.8 Å². The number of hydrogen-bond donors (Lipinski definition) is 0. The summed E-state index contributed by atoms with van der Waals surface area (Å²) in [6.07, 6.45) is 8.19. The van der Waals surface area contributed by atoms with E-state index in [-0.39, 0.29) is 5.41 Å². The van der Waals surface area contributed by atoms with Gasteiger partial charge in [0.15, 0.2) is 0 Å². The van der Waals surface area contributed by atoms with E-state index in [4.69, 9.17) is 0 Å². The Morgan fingerprint density at radius 2 is 1.62 bits per heavy atom. The van der Waals surface area contributed by atoms with Crippen LogP contribution in [0.4, 0.5) is 0 Å². The molecule has 1 aliphatic carbocycles. The van der Waals surface area contributed by atoms with Gasteiger partial charge >= 0.3 is 174 Å². The van der Waals surface area contributed by atoms with Gasteiger partial charge in [0.25, 0.3) is 0 Å². The van der Waals surface area contributed by atoms with Gasteiger partial charge in [-0.3, -0.25) is 0 Å². The molecule has 3 heteroatoms. The number of rotatable bonds is 8. The first-order chi connectivity index (χ1) is 12.2. The quantitative estimate of drug-likeness (QED) is 0.258. The topological polar surface area (TPSA) is 0 Å². The molecule has 0 saturated heterocycles. The minimum atomic E-state index is -2.03. The van der Waals surface area contributed by atoms with Crippen molar-refractivity contribution in [3.8, 4) is 9.75 Å². The molecule has 2 aromatic rings. The Morgan fingerprint density at radius 3 is 2.23 bits per heavy atom. The van der Waals surface area contributed by atoms with Crippen LogP contribution in [-0.2, 0) is 5.41 Å². The Kier molecular flexibility index (Phi) is 6.36. The normalized spacial score (nSPS) is 20.3. The molecular weight excluding hydrogens is 459 g/mol. The van der Waals surface area contributed by atoms with E-state index in [2.05, 4.69) is 66.0 Å². The van der Waals surface area contributed by atoms with Crippen molar-refractivity contribution in [1.29, 1.82) is 0 Å². The second kappa shape index (κ2) is 7.91. The van der Waals surface area contributed by atoms with E-state index in [0.29, 0.717) is 0 Å². The number of hydrogen-bond acceptors (Lipinski definition) is 2. The third-order valence-corrected chi connectivity index (χ3v) is 18.1. The molecule has 0 spiro atoms. The zero-order chi connectivity index (χ0) is 19.1. The fourth-order valence-electron chi connectivity index (χ4n) is 4.69. The van der Waals surface area contributed by atoms with E-state index in [9.17, 15) is 0 Å². The van der Waals surface area contributed by atoms with Crippen LogP contribution in [0.25, 0.3) is 9.75 Å². The zero-order valence-electron chi connectivity index (χ0n) is 17.8. The maximum absolute atomic E-state index is 2.66. The van der Waals surface area contributed by atoms with Gasteiger partial charge in [0, 0.05) is 0 Å². The second-order valence-electron chi connectivity index (χ2n) is 9.36. The molecule has 0 nitrogen and oxygen atoms in total. The van der Waals surface area contributed by atoms with Gasteiger partial charge in [-0.2, -0.15) is 0 Å². The molecule has 0 saturated carbocycles. The zero-order valence-corrected chi connectivity index (χ0v) is 22.3. The predicted octanol–water partition coefficient (Wildman–Crippen LogP) is 7.95. The molecule has 1 aliphatic rings. The summed E-state index contributed by atoms with van der Waals surface area (Å²) >= 11 is 2.16. The van der Waals surface area contributed by atoms with Crippen LogP contribution >= 0.6 is 22.7 Å². The fraction of sp³-hybridized carbons (Fsp3) is 0.652. The van der Waals surface area contributed by atoms with E-state index in [1.165, 1.54) is 43.4 Å². The Hall–Kier alpha value is 0.199. The first-order valence-corrected chi connectivity index (χ1v) is 22.1. The van der Waals surface area contributed by atoms with Crippen molar-refractivity contribution < 1.29 is 0 Å². The molecule has 0 amide bonds. The SMILES string of the molecule is CCCCCCC(CC)C1(C)c2cc(C)sc2-c2s[c]([Sn]([CH3])([CH3])[CH3])cc21. The van der Waals surface area contributed by atoms with Crippen molar-refractivity contribution in [3.63, 3.8) is 0 Å². The molecular formula is C23H36S2Sn. The number of unbranched alkanes of at least 4 members (excludes halogenated alkanes) is 3. The van der Waals surface area contributed by atoms with Gasteiger partial charge in [0.05, 0.1) is 0 Å². The van der Waals surface area contributed by atoms with Crippen molar-refractivity contribution in [1.82, 2.24) is 0 Å². The molecule has 0 radical (unpaired) electrons. The first kappa shape index (κ1) is 20.9. The molecule has 26 heavy (non-hydrogen) atoms. The number of thiophene rings is 2. The average Bonchev–Trinajstić information content (AvgIpc) is 3.21. The summed E-state index contributed by atoms with van der Waals surface area (Å²) in [5.41, 5.74) is 3.58. The van der Waals surface area contributed by atoms with E-state index >= 15 is 0 Å². The van der Waals surface area contributed by atoms with Crippen LogP contribution in [0.2, 0.25) is 14.8 Å². The number of aryl methyl sites for hydroxylation is 1. The first-order valence-electron chi connectivity index (χ1n) is 10.5. The van der Waals surface area contributed by atoms with Crippen molar-refractivity contribution in [2.45, 2.75) is 86.5 Å². The van der Waals surface area contributed by atoms with Gasteiger partial charge in [-0.15, -0.1) is 0 Å².